The van der Waals surface area contributed by atoms with Gasteiger partial charge in [0.1, 0.15) is 23.5 Å². The average Bonchev–Trinajstić information content (AvgIpc) is 3.36. The van der Waals surface area contributed by atoms with E-state index in [1.807, 2.05) is 0 Å². The summed E-state index contributed by atoms with van der Waals surface area (Å²) < 4.78 is 63.7. The van der Waals surface area contributed by atoms with E-state index in [2.05, 4.69) is 37.4 Å². The fourth-order valence-corrected chi connectivity index (χ4v) is 4.38. The van der Waals surface area contributed by atoms with Crippen molar-refractivity contribution in [1.82, 2.24) is 19.4 Å². The van der Waals surface area contributed by atoms with E-state index in [9.17, 15) is 26.4 Å². The van der Waals surface area contributed by atoms with E-state index >= 15 is 0 Å². The molecule has 0 fully saturated rings. The number of nitrogens with zero attached hydrogens (tertiary/aromatic N) is 4. The SMILES string of the molecule is Cc1ccc(C(=O)Nc2cc(C(F)(F)F)ccn2)cc1C#Cc1cnc2c(Nc3ccc(S(N)(=O)=O)cc3)cncn12. The van der Waals surface area contributed by atoms with Crippen LogP contribution in [-0.4, -0.2) is 33.7 Å². The highest BCUT2D eigenvalue weighted by molar-refractivity contribution is 7.89. The molecule has 0 aliphatic heterocycles. The molecule has 10 nitrogen and oxygen atoms in total. The summed E-state index contributed by atoms with van der Waals surface area (Å²) in [6.07, 6.45) is 1.03. The number of sulfonamides is 1. The second-order valence-corrected chi connectivity index (χ2v) is 10.6. The van der Waals surface area contributed by atoms with Gasteiger partial charge in [0, 0.05) is 23.0 Å². The molecule has 4 N–H and O–H groups in total. The van der Waals surface area contributed by atoms with Gasteiger partial charge in [-0.05, 0) is 66.9 Å². The van der Waals surface area contributed by atoms with Gasteiger partial charge in [-0.15, -0.1) is 0 Å². The van der Waals surface area contributed by atoms with Crippen LogP contribution in [0.2, 0.25) is 0 Å². The molecule has 0 saturated heterocycles. The zero-order valence-corrected chi connectivity index (χ0v) is 22.5. The third-order valence-electron chi connectivity index (χ3n) is 6.04. The number of nitrogens with one attached hydrogen (secondary N) is 2. The van der Waals surface area contributed by atoms with Crippen molar-refractivity contribution in [2.45, 2.75) is 18.0 Å². The van der Waals surface area contributed by atoms with Crippen molar-refractivity contribution in [1.29, 1.82) is 0 Å². The maximum absolute atomic E-state index is 13.0. The van der Waals surface area contributed by atoms with Gasteiger partial charge in [-0.1, -0.05) is 12.0 Å². The van der Waals surface area contributed by atoms with Gasteiger partial charge in [0.2, 0.25) is 10.0 Å². The fraction of sp³-hybridized carbons (Fsp3) is 0.0714. The Hall–Kier alpha value is -5.26. The zero-order valence-electron chi connectivity index (χ0n) is 21.6. The molecule has 42 heavy (non-hydrogen) atoms. The van der Waals surface area contributed by atoms with Crippen LogP contribution in [0.1, 0.15) is 32.7 Å². The monoisotopic (exact) mass is 591 g/mol. The number of imidazole rings is 1. The normalized spacial score (nSPS) is 11.5. The van der Waals surface area contributed by atoms with E-state index in [0.29, 0.717) is 28.3 Å². The first-order valence-corrected chi connectivity index (χ1v) is 13.6. The molecule has 0 spiro atoms. The number of alkyl halides is 3. The number of nitrogens with two attached hydrogens (primary N) is 1. The van der Waals surface area contributed by atoms with Crippen molar-refractivity contribution in [2.24, 2.45) is 5.14 Å². The molecule has 0 saturated carbocycles. The molecule has 0 atom stereocenters. The molecular formula is C28H20F3N7O3S. The van der Waals surface area contributed by atoms with Crippen molar-refractivity contribution < 1.29 is 26.4 Å². The summed E-state index contributed by atoms with van der Waals surface area (Å²) in [5.74, 6) is 5.15. The lowest BCUT2D eigenvalue weighted by Gasteiger charge is -2.09. The summed E-state index contributed by atoms with van der Waals surface area (Å²) in [4.78, 5) is 25.2. The van der Waals surface area contributed by atoms with E-state index in [1.54, 1.807) is 41.9 Å². The molecular weight excluding hydrogens is 571 g/mol. The molecule has 212 valence electrons. The largest absolute Gasteiger partial charge is 0.416 e. The first-order valence-electron chi connectivity index (χ1n) is 12.1. The predicted molar refractivity (Wildman–Crippen MR) is 148 cm³/mol. The topological polar surface area (TPSA) is 144 Å². The Labute approximate surface area is 237 Å². The van der Waals surface area contributed by atoms with Crippen molar-refractivity contribution in [3.8, 4) is 11.8 Å². The molecule has 3 heterocycles. The van der Waals surface area contributed by atoms with Crippen LogP contribution in [0.4, 0.5) is 30.4 Å². The second kappa shape index (κ2) is 11.0. The Kier molecular flexibility index (Phi) is 7.38. The van der Waals surface area contributed by atoms with Gasteiger partial charge < -0.3 is 10.6 Å². The highest BCUT2D eigenvalue weighted by Gasteiger charge is 2.30. The van der Waals surface area contributed by atoms with E-state index < -0.39 is 27.7 Å². The summed E-state index contributed by atoms with van der Waals surface area (Å²) >= 11 is 0. The minimum Gasteiger partial charge on any atom is -0.351 e. The number of anilines is 3. The molecule has 3 aromatic heterocycles. The molecule has 5 rings (SSSR count). The number of fused-ring (bicyclic) bond motifs is 1. The Balaban J connectivity index is 1.37. The van der Waals surface area contributed by atoms with E-state index in [-0.39, 0.29) is 16.3 Å². The molecule has 5 aromatic rings. The highest BCUT2D eigenvalue weighted by atomic mass is 32.2. The van der Waals surface area contributed by atoms with E-state index in [1.165, 1.54) is 30.6 Å². The van der Waals surface area contributed by atoms with Gasteiger partial charge in [-0.2, -0.15) is 13.2 Å². The number of primary sulfonamides is 1. The quantitative estimate of drug-likeness (QED) is 0.255. The number of aryl methyl sites for hydroxylation is 1. The van der Waals surface area contributed by atoms with Crippen LogP contribution >= 0.6 is 0 Å². The van der Waals surface area contributed by atoms with Gasteiger partial charge in [-0.25, -0.2) is 28.5 Å². The number of hydrogen-bond donors (Lipinski definition) is 3. The van der Waals surface area contributed by atoms with Crippen LogP contribution in [0, 0.1) is 18.8 Å². The molecule has 0 radical (unpaired) electrons. The van der Waals surface area contributed by atoms with E-state index in [4.69, 9.17) is 5.14 Å². The number of rotatable bonds is 5. The molecule has 0 bridgehead atoms. The third-order valence-corrected chi connectivity index (χ3v) is 6.97. The van der Waals surface area contributed by atoms with Gasteiger partial charge in [-0.3, -0.25) is 9.20 Å². The Morgan fingerprint density at radius 1 is 1.00 bits per heavy atom. The molecule has 14 heteroatoms. The third kappa shape index (κ3) is 6.22. The van der Waals surface area contributed by atoms with Gasteiger partial charge >= 0.3 is 6.18 Å². The maximum atomic E-state index is 13.0. The van der Waals surface area contributed by atoms with Crippen LogP contribution in [-0.2, 0) is 16.2 Å². The summed E-state index contributed by atoms with van der Waals surface area (Å²) in [6.45, 7) is 1.80. The number of pyridine rings is 1. The smallest absolute Gasteiger partial charge is 0.351 e. The Bertz CT molecular complexity index is 2000. The molecule has 0 aliphatic rings. The van der Waals surface area contributed by atoms with Gasteiger partial charge in [0.15, 0.2) is 5.65 Å². The lowest BCUT2D eigenvalue weighted by molar-refractivity contribution is -0.137. The van der Waals surface area contributed by atoms with Crippen molar-refractivity contribution in [3.05, 3.63) is 107 Å². The standard InChI is InChI=1S/C28H20F3N7O3S/c1-17-2-3-19(27(39)37-25-13-20(10-11-34-25)28(29,30)31)12-18(17)4-7-22-14-35-26-24(15-33-16-38(22)26)36-21-5-8-23(9-6-21)42(32,40)41/h2-3,5-6,8-16,36H,1H3,(H2,32,40,41)(H,34,37,39). The second-order valence-electron chi connectivity index (χ2n) is 9.00. The first kappa shape index (κ1) is 28.3. The number of aromatic nitrogens is 4. The number of benzene rings is 2. The van der Waals surface area contributed by atoms with Crippen molar-refractivity contribution >= 4 is 38.8 Å². The summed E-state index contributed by atoms with van der Waals surface area (Å²) in [5, 5.41) is 10.7. The number of halogens is 3. The number of amides is 1. The average molecular weight is 592 g/mol. The lowest BCUT2D eigenvalue weighted by Crippen LogP contribution is -2.14. The van der Waals surface area contributed by atoms with Crippen LogP contribution in [0.15, 0.2) is 84.4 Å². The predicted octanol–water partition coefficient (Wildman–Crippen LogP) is 4.49. The highest BCUT2D eigenvalue weighted by Crippen LogP contribution is 2.30. The van der Waals surface area contributed by atoms with Crippen LogP contribution in [0.3, 0.4) is 0 Å². The lowest BCUT2D eigenvalue weighted by atomic mass is 10.0. The minimum absolute atomic E-state index is 0.0214. The van der Waals surface area contributed by atoms with Crippen molar-refractivity contribution in [3.63, 3.8) is 0 Å². The van der Waals surface area contributed by atoms with Crippen LogP contribution < -0.4 is 15.8 Å². The Morgan fingerprint density at radius 3 is 2.48 bits per heavy atom. The number of carbonyl (C=O) groups excluding carboxylic acids is 1. The number of hydrogen-bond acceptors (Lipinski definition) is 7. The van der Waals surface area contributed by atoms with Gasteiger partial charge in [0.05, 0.1) is 22.9 Å². The molecule has 1 amide bonds. The van der Waals surface area contributed by atoms with Crippen molar-refractivity contribution in [2.75, 3.05) is 10.6 Å². The molecule has 0 unspecified atom stereocenters. The molecule has 0 aliphatic carbocycles. The molecule has 2 aromatic carbocycles. The summed E-state index contributed by atoms with van der Waals surface area (Å²) in [7, 11) is -3.82. The van der Waals surface area contributed by atoms with Crippen LogP contribution in [0.5, 0.6) is 0 Å². The fourth-order valence-electron chi connectivity index (χ4n) is 3.87. The Morgan fingerprint density at radius 2 is 1.76 bits per heavy atom. The summed E-state index contributed by atoms with van der Waals surface area (Å²) in [6, 6.07) is 12.2. The summed E-state index contributed by atoms with van der Waals surface area (Å²) in [5.41, 5.74) is 2.66. The zero-order chi connectivity index (χ0) is 30.1. The minimum atomic E-state index is -4.57. The number of carbonyl (C=O) groups is 1. The van der Waals surface area contributed by atoms with Gasteiger partial charge in [0.25, 0.3) is 5.91 Å². The first-order chi connectivity index (χ1) is 19.9. The van der Waals surface area contributed by atoms with E-state index in [0.717, 1.165) is 23.9 Å². The maximum Gasteiger partial charge on any atom is 0.416 e. The van der Waals surface area contributed by atoms with Crippen LogP contribution in [0.25, 0.3) is 5.65 Å².